The number of aliphatic hydroxyl groups is 1. The molecule has 2 aromatic heterocycles. The zero-order chi connectivity index (χ0) is 19.8. The monoisotopic (exact) mass is 409 g/mol. The summed E-state index contributed by atoms with van der Waals surface area (Å²) in [5.41, 5.74) is 1.28. The quantitative estimate of drug-likeness (QED) is 0.470. The van der Waals surface area contributed by atoms with Crippen LogP contribution in [0.1, 0.15) is 13.3 Å². The molecule has 0 atom stereocenters. The average molecular weight is 410 g/mol. The Kier molecular flexibility index (Phi) is 7.69. The highest BCUT2D eigenvalue weighted by Crippen LogP contribution is 2.27. The summed E-state index contributed by atoms with van der Waals surface area (Å²) < 4.78 is 17.1. The van der Waals surface area contributed by atoms with Gasteiger partial charge in [0.15, 0.2) is 11.6 Å². The van der Waals surface area contributed by atoms with Gasteiger partial charge < -0.3 is 25.4 Å². The summed E-state index contributed by atoms with van der Waals surface area (Å²) in [6.07, 6.45) is 2.35. The lowest BCUT2D eigenvalue weighted by molar-refractivity contribution is 0.147. The lowest BCUT2D eigenvalue weighted by atomic mass is 10.3. The highest BCUT2D eigenvalue weighted by Gasteiger charge is 2.22. The first-order chi connectivity index (χ1) is 13.7. The minimum absolute atomic E-state index is 0.0206. The Balaban J connectivity index is 1.89. The summed E-state index contributed by atoms with van der Waals surface area (Å²) in [5.74, 6) is 2.96. The fourth-order valence-electron chi connectivity index (χ4n) is 2.90. The lowest BCUT2D eigenvalue weighted by Gasteiger charge is -2.28. The molecule has 154 valence electrons. The maximum Gasteiger partial charge on any atom is 0.225 e. The zero-order valence-corrected chi connectivity index (χ0v) is 16.9. The van der Waals surface area contributed by atoms with Crippen molar-refractivity contribution in [2.75, 3.05) is 73.0 Å². The van der Waals surface area contributed by atoms with Crippen molar-refractivity contribution < 1.29 is 14.1 Å². The van der Waals surface area contributed by atoms with Crippen LogP contribution in [0.3, 0.4) is 0 Å². The maximum atomic E-state index is 11.7. The lowest BCUT2D eigenvalue weighted by Crippen LogP contribution is -2.38. The first kappa shape index (κ1) is 20.6. The van der Waals surface area contributed by atoms with E-state index in [9.17, 15) is 4.21 Å². The van der Waals surface area contributed by atoms with E-state index in [0.717, 1.165) is 6.42 Å². The zero-order valence-electron chi connectivity index (χ0n) is 16.1. The fourth-order valence-corrected chi connectivity index (χ4v) is 3.96. The van der Waals surface area contributed by atoms with Gasteiger partial charge in [-0.25, -0.2) is 15.0 Å². The van der Waals surface area contributed by atoms with Gasteiger partial charge in [0.25, 0.3) is 0 Å². The molecule has 28 heavy (non-hydrogen) atoms. The molecule has 0 radical (unpaired) electrons. The second-order valence-corrected chi connectivity index (χ2v) is 7.95. The third-order valence-electron chi connectivity index (χ3n) is 4.30. The predicted molar refractivity (Wildman–Crippen MR) is 110 cm³/mol. The van der Waals surface area contributed by atoms with Crippen molar-refractivity contribution >= 4 is 39.4 Å². The van der Waals surface area contributed by atoms with Crippen molar-refractivity contribution in [3.8, 4) is 0 Å². The summed E-state index contributed by atoms with van der Waals surface area (Å²) in [4.78, 5) is 20.0. The van der Waals surface area contributed by atoms with E-state index in [-0.39, 0.29) is 6.61 Å². The Bertz CT molecular complexity index is 798. The third kappa shape index (κ3) is 5.24. The number of nitrogens with one attached hydrogen (secondary N) is 2. The van der Waals surface area contributed by atoms with Gasteiger partial charge in [-0.1, -0.05) is 0 Å². The Hall–Kier alpha value is -2.11. The topological polar surface area (TPSA) is 125 Å². The van der Waals surface area contributed by atoms with Gasteiger partial charge in [0, 0.05) is 61.7 Å². The molecule has 3 N–H and O–H groups in total. The van der Waals surface area contributed by atoms with Crippen LogP contribution in [0.25, 0.3) is 11.0 Å². The van der Waals surface area contributed by atoms with Crippen molar-refractivity contribution in [3.05, 3.63) is 6.33 Å². The van der Waals surface area contributed by atoms with E-state index in [1.54, 1.807) is 0 Å². The number of aliphatic hydroxyl groups excluding tert-OH is 1. The van der Waals surface area contributed by atoms with Crippen molar-refractivity contribution in [2.24, 2.45) is 0 Å². The van der Waals surface area contributed by atoms with Crippen molar-refractivity contribution in [1.29, 1.82) is 0 Å². The molecule has 11 heteroatoms. The van der Waals surface area contributed by atoms with Gasteiger partial charge in [-0.05, 0) is 13.3 Å². The van der Waals surface area contributed by atoms with Gasteiger partial charge in [-0.2, -0.15) is 4.98 Å². The molecule has 0 aromatic carbocycles. The molecule has 0 aliphatic carbocycles. The predicted octanol–water partition coefficient (Wildman–Crippen LogP) is 0.231. The van der Waals surface area contributed by atoms with Gasteiger partial charge >= 0.3 is 0 Å². The molecule has 0 amide bonds. The molecule has 1 aliphatic rings. The number of nitrogens with zero attached hydrogens (tertiary/aromatic N) is 5. The van der Waals surface area contributed by atoms with Crippen LogP contribution in [0.4, 0.5) is 17.6 Å². The molecule has 10 nitrogen and oxygen atoms in total. The second-order valence-electron chi connectivity index (χ2n) is 6.25. The minimum Gasteiger partial charge on any atom is -0.395 e. The highest BCUT2D eigenvalue weighted by atomic mass is 32.2. The first-order valence-electron chi connectivity index (χ1n) is 9.52. The molecule has 0 unspecified atom stereocenters. The molecule has 3 heterocycles. The normalized spacial score (nSPS) is 15.1. The highest BCUT2D eigenvalue weighted by molar-refractivity contribution is 7.85. The summed E-state index contributed by atoms with van der Waals surface area (Å²) >= 11 is 0. The molecule has 0 saturated carbocycles. The number of hydrogen-bond acceptors (Lipinski definition) is 10. The minimum atomic E-state index is -0.781. The smallest absolute Gasteiger partial charge is 0.225 e. The Labute approximate surface area is 166 Å². The number of aromatic nitrogens is 4. The van der Waals surface area contributed by atoms with Gasteiger partial charge in [-0.3, -0.25) is 4.21 Å². The number of fused-ring (bicyclic) bond motifs is 1. The first-order valence-corrected chi connectivity index (χ1v) is 11.0. The van der Waals surface area contributed by atoms with Crippen LogP contribution in [0.2, 0.25) is 0 Å². The molecule has 0 bridgehead atoms. The van der Waals surface area contributed by atoms with Crippen LogP contribution in [0.5, 0.6) is 0 Å². The molecule has 1 saturated heterocycles. The summed E-state index contributed by atoms with van der Waals surface area (Å²) in [5, 5.41) is 15.4. The van der Waals surface area contributed by atoms with E-state index in [2.05, 4.69) is 35.5 Å². The van der Waals surface area contributed by atoms with Gasteiger partial charge in [-0.15, -0.1) is 0 Å². The van der Waals surface area contributed by atoms with Gasteiger partial charge in [0.1, 0.15) is 17.4 Å². The Morgan fingerprint density at radius 3 is 2.75 bits per heavy atom. The van der Waals surface area contributed by atoms with Gasteiger partial charge in [0.2, 0.25) is 5.95 Å². The van der Waals surface area contributed by atoms with E-state index in [4.69, 9.17) is 9.84 Å². The average Bonchev–Trinajstić information content (AvgIpc) is 2.72. The molecule has 2 aromatic rings. The molecule has 0 spiro atoms. The van der Waals surface area contributed by atoms with Crippen molar-refractivity contribution in [2.45, 2.75) is 13.3 Å². The van der Waals surface area contributed by atoms with Crippen molar-refractivity contribution in [1.82, 2.24) is 19.9 Å². The van der Waals surface area contributed by atoms with Crippen LogP contribution in [0.15, 0.2) is 6.33 Å². The molecular formula is C17H27N7O3S. The van der Waals surface area contributed by atoms with Crippen LogP contribution < -0.4 is 15.5 Å². The van der Waals surface area contributed by atoms with E-state index in [0.29, 0.717) is 79.5 Å². The van der Waals surface area contributed by atoms with Crippen LogP contribution >= 0.6 is 0 Å². The molecule has 1 aliphatic heterocycles. The summed E-state index contributed by atoms with van der Waals surface area (Å²) in [6, 6.07) is 0. The van der Waals surface area contributed by atoms with E-state index in [1.165, 1.54) is 6.33 Å². The van der Waals surface area contributed by atoms with E-state index in [1.807, 2.05) is 6.92 Å². The van der Waals surface area contributed by atoms with Gasteiger partial charge in [0.05, 0.1) is 6.61 Å². The number of rotatable bonds is 10. The van der Waals surface area contributed by atoms with Crippen molar-refractivity contribution in [3.63, 3.8) is 0 Å². The number of anilines is 3. The SMILES string of the molecule is CCOCCCNc1ncnc2c(N3CCS(=O)CC3)nc(NCCO)nc12. The fraction of sp³-hybridized carbons (Fsp3) is 0.647. The molecule has 1 fully saturated rings. The molecule has 3 rings (SSSR count). The van der Waals surface area contributed by atoms with E-state index >= 15 is 0 Å². The largest absolute Gasteiger partial charge is 0.395 e. The van der Waals surface area contributed by atoms with Crippen LogP contribution in [0, 0.1) is 0 Å². The Morgan fingerprint density at radius 2 is 2.00 bits per heavy atom. The van der Waals surface area contributed by atoms with Crippen LogP contribution in [-0.2, 0) is 15.5 Å². The Morgan fingerprint density at radius 1 is 1.18 bits per heavy atom. The maximum absolute atomic E-state index is 11.7. The standard InChI is InChI=1S/C17H27N7O3S/c1-2-27-9-3-4-18-15-13-14(20-12-21-15)16(23-17(22-13)19-5-8-25)24-6-10-28(26)11-7-24/h12,25H,2-11H2,1H3,(H,18,20,21)(H,19,22,23). The van der Waals surface area contributed by atoms with E-state index < -0.39 is 10.8 Å². The number of hydrogen-bond donors (Lipinski definition) is 3. The van der Waals surface area contributed by atoms with Crippen LogP contribution in [-0.4, -0.2) is 86.8 Å². The summed E-state index contributed by atoms with van der Waals surface area (Å²) in [7, 11) is -0.781. The second kappa shape index (κ2) is 10.4. The third-order valence-corrected chi connectivity index (χ3v) is 5.57. The molecular weight excluding hydrogens is 382 g/mol. The number of ether oxygens (including phenoxy) is 1. The summed E-state index contributed by atoms with van der Waals surface area (Å²) in [6.45, 7) is 5.69.